The topological polar surface area (TPSA) is 78.0 Å². The third-order valence-corrected chi connectivity index (χ3v) is 9.04. The number of carbonyl (C=O) groups excluding carboxylic acids is 2. The number of sulfonamides is 1. The second-order valence-corrected chi connectivity index (χ2v) is 10.8. The van der Waals surface area contributed by atoms with Gasteiger partial charge < -0.3 is 9.80 Å². The Morgan fingerprint density at radius 3 is 2.44 bits per heavy atom. The summed E-state index contributed by atoms with van der Waals surface area (Å²) in [6, 6.07) is 12.8. The highest BCUT2D eigenvalue weighted by Gasteiger charge is 2.33. The Morgan fingerprint density at radius 2 is 1.74 bits per heavy atom. The van der Waals surface area contributed by atoms with Crippen molar-refractivity contribution >= 4 is 27.5 Å². The summed E-state index contributed by atoms with van der Waals surface area (Å²) in [4.78, 5) is 29.7. The molecule has 0 radical (unpaired) electrons. The molecular weight excluding hydrogens is 450 g/mol. The molecule has 8 heteroatoms. The molecule has 4 rings (SSSR count). The van der Waals surface area contributed by atoms with Gasteiger partial charge in [0.05, 0.1) is 17.4 Å². The summed E-state index contributed by atoms with van der Waals surface area (Å²) in [6.07, 6.45) is 2.49. The minimum atomic E-state index is -3.56. The van der Waals surface area contributed by atoms with E-state index in [2.05, 4.69) is 6.07 Å². The number of nitrogens with zero attached hydrogens (tertiary/aromatic N) is 3. The molecule has 2 aliphatic rings. The van der Waals surface area contributed by atoms with Gasteiger partial charge in [0.1, 0.15) is 0 Å². The minimum absolute atomic E-state index is 0.0300. The number of aryl methyl sites for hydroxylation is 1. The molecule has 0 spiro atoms. The van der Waals surface area contributed by atoms with Gasteiger partial charge >= 0.3 is 0 Å². The van der Waals surface area contributed by atoms with E-state index in [9.17, 15) is 18.0 Å². The highest BCUT2D eigenvalue weighted by atomic mass is 32.2. The molecule has 34 heavy (non-hydrogen) atoms. The van der Waals surface area contributed by atoms with Gasteiger partial charge in [-0.2, -0.15) is 4.31 Å². The van der Waals surface area contributed by atoms with Gasteiger partial charge in [-0.15, -0.1) is 0 Å². The summed E-state index contributed by atoms with van der Waals surface area (Å²) >= 11 is 0. The molecule has 0 bridgehead atoms. The molecule has 2 amide bonds. The van der Waals surface area contributed by atoms with E-state index in [4.69, 9.17) is 0 Å². The van der Waals surface area contributed by atoms with E-state index in [1.807, 2.05) is 32.0 Å². The summed E-state index contributed by atoms with van der Waals surface area (Å²) in [6.45, 7) is 7.22. The van der Waals surface area contributed by atoms with E-state index in [0.29, 0.717) is 26.2 Å². The maximum atomic E-state index is 13.6. The molecule has 1 atom stereocenters. The standard InChI is InChI=1S/C26H33N3O4S/c1-4-27(5-2)34(32,33)22-12-13-24-21(17-22)10-8-15-29(24)26(31)18-25-23-11-7-6-9-20(23)14-16-28(25)19(3)30/h6-7,9,11-13,17,25H,4-5,8,10,14-16,18H2,1-3H3. The van der Waals surface area contributed by atoms with E-state index >= 15 is 0 Å². The Morgan fingerprint density at radius 1 is 1.00 bits per heavy atom. The molecule has 1 unspecified atom stereocenters. The van der Waals surface area contributed by atoms with Crippen molar-refractivity contribution < 1.29 is 18.0 Å². The van der Waals surface area contributed by atoms with E-state index < -0.39 is 10.0 Å². The lowest BCUT2D eigenvalue weighted by Crippen LogP contribution is -2.43. The Balaban J connectivity index is 1.62. The van der Waals surface area contributed by atoms with Crippen LogP contribution in [0.15, 0.2) is 47.4 Å². The number of carbonyl (C=O) groups is 2. The summed E-state index contributed by atoms with van der Waals surface area (Å²) in [5, 5.41) is 0. The zero-order valence-corrected chi connectivity index (χ0v) is 21.0. The van der Waals surface area contributed by atoms with Crippen molar-refractivity contribution in [2.75, 3.05) is 31.1 Å². The number of fused-ring (bicyclic) bond motifs is 2. The molecule has 2 aromatic carbocycles. The highest BCUT2D eigenvalue weighted by Crippen LogP contribution is 2.35. The average Bonchev–Trinajstić information content (AvgIpc) is 2.83. The lowest BCUT2D eigenvalue weighted by Gasteiger charge is -2.38. The predicted octanol–water partition coefficient (Wildman–Crippen LogP) is 3.53. The molecule has 0 fully saturated rings. The van der Waals surface area contributed by atoms with Crippen LogP contribution in [0.4, 0.5) is 5.69 Å². The van der Waals surface area contributed by atoms with Crippen LogP contribution in [-0.2, 0) is 32.5 Å². The van der Waals surface area contributed by atoms with E-state index in [1.165, 1.54) is 9.87 Å². The lowest BCUT2D eigenvalue weighted by molar-refractivity contribution is -0.133. The van der Waals surface area contributed by atoms with Gasteiger partial charge in [0.25, 0.3) is 0 Å². The van der Waals surface area contributed by atoms with Crippen LogP contribution in [0.1, 0.15) is 56.3 Å². The molecule has 2 heterocycles. The van der Waals surface area contributed by atoms with Gasteiger partial charge in [-0.25, -0.2) is 8.42 Å². The van der Waals surface area contributed by atoms with Crippen molar-refractivity contribution in [3.05, 3.63) is 59.2 Å². The summed E-state index contributed by atoms with van der Waals surface area (Å²) in [5.41, 5.74) is 3.87. The van der Waals surface area contributed by atoms with Gasteiger partial charge in [0.2, 0.25) is 21.8 Å². The van der Waals surface area contributed by atoms with Crippen molar-refractivity contribution in [3.8, 4) is 0 Å². The number of hydrogen-bond donors (Lipinski definition) is 0. The molecule has 0 aromatic heterocycles. The third kappa shape index (κ3) is 4.49. The maximum absolute atomic E-state index is 13.6. The lowest BCUT2D eigenvalue weighted by atomic mass is 9.90. The van der Waals surface area contributed by atoms with Gasteiger partial charge in [-0.05, 0) is 54.2 Å². The summed E-state index contributed by atoms with van der Waals surface area (Å²) < 4.78 is 27.4. The molecule has 0 saturated carbocycles. The van der Waals surface area contributed by atoms with Crippen molar-refractivity contribution in [3.63, 3.8) is 0 Å². The van der Waals surface area contributed by atoms with E-state index in [-0.39, 0.29) is 29.2 Å². The Kier molecular flexibility index (Phi) is 7.09. The normalized spacial score (nSPS) is 17.9. The Bertz CT molecular complexity index is 1190. The van der Waals surface area contributed by atoms with E-state index in [0.717, 1.165) is 36.1 Å². The zero-order valence-electron chi connectivity index (χ0n) is 20.2. The van der Waals surface area contributed by atoms with Crippen LogP contribution >= 0.6 is 0 Å². The summed E-state index contributed by atoms with van der Waals surface area (Å²) in [5.74, 6) is -0.0779. The Hall–Kier alpha value is -2.71. The smallest absolute Gasteiger partial charge is 0.243 e. The predicted molar refractivity (Wildman–Crippen MR) is 132 cm³/mol. The van der Waals surface area contributed by atoms with Crippen LogP contribution in [-0.4, -0.2) is 55.6 Å². The monoisotopic (exact) mass is 483 g/mol. The molecule has 0 N–H and O–H groups in total. The van der Waals surface area contributed by atoms with Crippen LogP contribution < -0.4 is 4.90 Å². The van der Waals surface area contributed by atoms with Crippen LogP contribution in [0.2, 0.25) is 0 Å². The van der Waals surface area contributed by atoms with Gasteiger partial charge in [0.15, 0.2) is 0 Å². The maximum Gasteiger partial charge on any atom is 0.243 e. The molecule has 0 aliphatic carbocycles. The molecule has 2 aliphatic heterocycles. The first kappa shape index (κ1) is 24.4. The van der Waals surface area contributed by atoms with E-state index in [1.54, 1.807) is 34.9 Å². The summed E-state index contributed by atoms with van der Waals surface area (Å²) in [7, 11) is -3.56. The molecule has 7 nitrogen and oxygen atoms in total. The zero-order chi connectivity index (χ0) is 24.5. The van der Waals surface area contributed by atoms with Crippen molar-refractivity contribution in [2.45, 2.75) is 57.4 Å². The fraction of sp³-hybridized carbons (Fsp3) is 0.462. The first-order valence-electron chi connectivity index (χ1n) is 12.1. The van der Waals surface area contributed by atoms with Crippen molar-refractivity contribution in [2.24, 2.45) is 0 Å². The quantitative estimate of drug-likeness (QED) is 0.630. The van der Waals surface area contributed by atoms with Crippen molar-refractivity contribution in [1.29, 1.82) is 0 Å². The molecular formula is C26H33N3O4S. The van der Waals surface area contributed by atoms with Crippen LogP contribution in [0.25, 0.3) is 0 Å². The average molecular weight is 484 g/mol. The van der Waals surface area contributed by atoms with Gasteiger partial charge in [0, 0.05) is 38.8 Å². The van der Waals surface area contributed by atoms with Crippen molar-refractivity contribution in [1.82, 2.24) is 9.21 Å². The molecule has 2 aromatic rings. The first-order valence-corrected chi connectivity index (χ1v) is 13.5. The van der Waals surface area contributed by atoms with Crippen LogP contribution in [0.5, 0.6) is 0 Å². The number of benzene rings is 2. The number of amides is 2. The van der Waals surface area contributed by atoms with Gasteiger partial charge in [-0.3, -0.25) is 9.59 Å². The van der Waals surface area contributed by atoms with Crippen LogP contribution in [0.3, 0.4) is 0 Å². The number of hydrogen-bond acceptors (Lipinski definition) is 4. The largest absolute Gasteiger partial charge is 0.335 e. The number of anilines is 1. The SMILES string of the molecule is CCN(CC)S(=O)(=O)c1ccc2c(c1)CCCN2C(=O)CC1c2ccccc2CCN1C(C)=O. The Labute approximate surface area is 202 Å². The fourth-order valence-corrected chi connectivity index (χ4v) is 6.74. The first-order chi connectivity index (χ1) is 16.3. The molecule has 0 saturated heterocycles. The minimum Gasteiger partial charge on any atom is -0.335 e. The van der Waals surface area contributed by atoms with Crippen LogP contribution in [0, 0.1) is 0 Å². The highest BCUT2D eigenvalue weighted by molar-refractivity contribution is 7.89. The fourth-order valence-electron chi connectivity index (χ4n) is 5.23. The molecule has 182 valence electrons. The van der Waals surface area contributed by atoms with Gasteiger partial charge in [-0.1, -0.05) is 38.1 Å². The second-order valence-electron chi connectivity index (χ2n) is 8.91. The number of rotatable bonds is 6. The third-order valence-electron chi connectivity index (χ3n) is 7.00. The second kappa shape index (κ2) is 9.88.